The van der Waals surface area contributed by atoms with Gasteiger partial charge in [-0.1, -0.05) is 19.1 Å². The number of rotatable bonds is 8. The smallest absolute Gasteiger partial charge is 0.191 e. The van der Waals surface area contributed by atoms with Gasteiger partial charge in [-0.2, -0.15) is 0 Å². The van der Waals surface area contributed by atoms with E-state index in [0.717, 1.165) is 36.0 Å². The van der Waals surface area contributed by atoms with Crippen molar-refractivity contribution in [2.24, 2.45) is 4.99 Å². The Morgan fingerprint density at radius 1 is 1.16 bits per heavy atom. The van der Waals surface area contributed by atoms with Gasteiger partial charge in [0.2, 0.25) is 0 Å². The van der Waals surface area contributed by atoms with Crippen LogP contribution in [0.4, 0.5) is 0 Å². The Morgan fingerprint density at radius 2 is 1.96 bits per heavy atom. The highest BCUT2D eigenvalue weighted by atomic mass is 127. The van der Waals surface area contributed by atoms with Crippen molar-refractivity contribution in [1.29, 1.82) is 0 Å². The summed E-state index contributed by atoms with van der Waals surface area (Å²) < 4.78 is 11.1. The summed E-state index contributed by atoms with van der Waals surface area (Å²) in [6.07, 6.45) is 0.971. The van der Waals surface area contributed by atoms with E-state index in [-0.39, 0.29) is 24.0 Å². The molecule has 0 saturated heterocycles. The highest BCUT2D eigenvalue weighted by molar-refractivity contribution is 14.0. The van der Waals surface area contributed by atoms with E-state index < -0.39 is 0 Å². The van der Waals surface area contributed by atoms with Gasteiger partial charge >= 0.3 is 0 Å². The molecule has 5 nitrogen and oxygen atoms in total. The fourth-order valence-corrected chi connectivity index (χ4v) is 2.79. The zero-order valence-corrected chi connectivity index (χ0v) is 18.0. The van der Waals surface area contributed by atoms with E-state index in [4.69, 9.17) is 9.47 Å². The molecule has 0 aliphatic rings. The zero-order chi connectivity index (χ0) is 17.2. The molecule has 25 heavy (non-hydrogen) atoms. The number of benzene rings is 1. The van der Waals surface area contributed by atoms with Crippen LogP contribution >= 0.6 is 35.3 Å². The van der Waals surface area contributed by atoms with Crippen LogP contribution in [0.1, 0.15) is 23.8 Å². The number of nitrogens with one attached hydrogen (secondary N) is 2. The number of methoxy groups -OCH3 is 1. The van der Waals surface area contributed by atoms with E-state index in [1.165, 1.54) is 4.88 Å². The van der Waals surface area contributed by atoms with Crippen LogP contribution in [0.5, 0.6) is 11.5 Å². The molecule has 138 valence electrons. The minimum absolute atomic E-state index is 0. The lowest BCUT2D eigenvalue weighted by atomic mass is 10.2. The molecule has 0 saturated carbocycles. The van der Waals surface area contributed by atoms with Crippen molar-refractivity contribution in [3.05, 3.63) is 46.2 Å². The van der Waals surface area contributed by atoms with Crippen molar-refractivity contribution < 1.29 is 9.47 Å². The van der Waals surface area contributed by atoms with Gasteiger partial charge in [-0.05, 0) is 35.6 Å². The van der Waals surface area contributed by atoms with Gasteiger partial charge in [0.05, 0.1) is 20.3 Å². The summed E-state index contributed by atoms with van der Waals surface area (Å²) in [4.78, 5) is 5.52. The van der Waals surface area contributed by atoms with Gasteiger partial charge in [-0.15, -0.1) is 35.3 Å². The molecule has 1 aromatic carbocycles. The number of ether oxygens (including phenoxy) is 2. The number of guanidine groups is 1. The van der Waals surface area contributed by atoms with Crippen molar-refractivity contribution >= 4 is 41.3 Å². The van der Waals surface area contributed by atoms with E-state index in [2.05, 4.69) is 34.0 Å². The first-order chi connectivity index (χ1) is 11.8. The quantitative estimate of drug-likeness (QED) is 0.344. The molecule has 0 atom stereocenters. The van der Waals surface area contributed by atoms with Crippen molar-refractivity contribution in [2.45, 2.75) is 26.4 Å². The molecular formula is C18H26IN3O2S. The largest absolute Gasteiger partial charge is 0.493 e. The third kappa shape index (κ3) is 7.11. The molecule has 2 N–H and O–H groups in total. The van der Waals surface area contributed by atoms with Gasteiger partial charge in [-0.25, -0.2) is 0 Å². The summed E-state index contributed by atoms with van der Waals surface area (Å²) in [6, 6.07) is 10.1. The zero-order valence-electron chi connectivity index (χ0n) is 14.9. The van der Waals surface area contributed by atoms with Crippen LogP contribution < -0.4 is 20.1 Å². The first-order valence-corrected chi connectivity index (χ1v) is 8.91. The molecule has 0 fully saturated rings. The van der Waals surface area contributed by atoms with Gasteiger partial charge in [0.15, 0.2) is 17.5 Å². The molecular weight excluding hydrogens is 449 g/mol. The molecule has 2 aromatic rings. The summed E-state index contributed by atoms with van der Waals surface area (Å²) in [6.45, 7) is 4.20. The number of aliphatic imine (C=N–C) groups is 1. The Morgan fingerprint density at radius 3 is 2.60 bits per heavy atom. The van der Waals surface area contributed by atoms with E-state index in [1.807, 2.05) is 24.3 Å². The van der Waals surface area contributed by atoms with Crippen LogP contribution in [-0.2, 0) is 13.1 Å². The van der Waals surface area contributed by atoms with Crippen molar-refractivity contribution in [2.75, 3.05) is 20.8 Å². The van der Waals surface area contributed by atoms with E-state index in [0.29, 0.717) is 13.2 Å². The van der Waals surface area contributed by atoms with E-state index >= 15 is 0 Å². The maximum atomic E-state index is 5.68. The second-order valence-electron chi connectivity index (χ2n) is 5.19. The number of halogens is 1. The minimum atomic E-state index is 0. The van der Waals surface area contributed by atoms with Crippen LogP contribution in [0.3, 0.4) is 0 Å². The Labute approximate surface area is 170 Å². The summed E-state index contributed by atoms with van der Waals surface area (Å²) >= 11 is 1.73. The third-order valence-electron chi connectivity index (χ3n) is 3.38. The molecule has 0 unspecified atom stereocenters. The molecule has 1 aromatic heterocycles. The lowest BCUT2D eigenvalue weighted by Crippen LogP contribution is -2.36. The number of nitrogens with zero attached hydrogens (tertiary/aromatic N) is 1. The second kappa shape index (κ2) is 12.0. The van der Waals surface area contributed by atoms with E-state index in [9.17, 15) is 0 Å². The average molecular weight is 475 g/mol. The lowest BCUT2D eigenvalue weighted by molar-refractivity contribution is 0.294. The molecule has 7 heteroatoms. The van der Waals surface area contributed by atoms with Crippen molar-refractivity contribution in [3.63, 3.8) is 0 Å². The topological polar surface area (TPSA) is 54.9 Å². The highest BCUT2D eigenvalue weighted by Crippen LogP contribution is 2.28. The molecule has 0 bridgehead atoms. The highest BCUT2D eigenvalue weighted by Gasteiger charge is 2.06. The maximum absolute atomic E-state index is 5.68. The molecule has 0 spiro atoms. The Bertz CT molecular complexity index is 648. The Hall–Kier alpha value is -1.48. The maximum Gasteiger partial charge on any atom is 0.191 e. The van der Waals surface area contributed by atoms with Crippen LogP contribution in [0, 0.1) is 0 Å². The summed E-state index contributed by atoms with van der Waals surface area (Å²) in [5.74, 6) is 2.31. The fourth-order valence-electron chi connectivity index (χ4n) is 2.14. The normalized spacial score (nSPS) is 10.8. The van der Waals surface area contributed by atoms with Crippen LogP contribution in [0.15, 0.2) is 40.7 Å². The predicted octanol–water partition coefficient (Wildman–Crippen LogP) is 4.03. The van der Waals surface area contributed by atoms with Crippen molar-refractivity contribution in [1.82, 2.24) is 10.6 Å². The van der Waals surface area contributed by atoms with Gasteiger partial charge in [0.25, 0.3) is 0 Å². The van der Waals surface area contributed by atoms with Gasteiger partial charge in [-0.3, -0.25) is 4.99 Å². The molecule has 1 heterocycles. The molecule has 0 aliphatic heterocycles. The molecule has 2 rings (SSSR count). The Balaban J connectivity index is 0.00000312. The predicted molar refractivity (Wildman–Crippen MR) is 116 cm³/mol. The second-order valence-corrected chi connectivity index (χ2v) is 6.22. The van der Waals surface area contributed by atoms with Crippen LogP contribution in [0.25, 0.3) is 0 Å². The van der Waals surface area contributed by atoms with Gasteiger partial charge < -0.3 is 20.1 Å². The molecule has 0 radical (unpaired) electrons. The average Bonchev–Trinajstić information content (AvgIpc) is 3.14. The first kappa shape index (κ1) is 21.6. The first-order valence-electron chi connectivity index (χ1n) is 8.03. The monoisotopic (exact) mass is 475 g/mol. The third-order valence-corrected chi connectivity index (χ3v) is 4.26. The van der Waals surface area contributed by atoms with E-state index in [1.54, 1.807) is 25.5 Å². The number of thiophene rings is 1. The number of hydrogen-bond acceptors (Lipinski definition) is 4. The SMILES string of the molecule is CCCOc1ccc(CNC(=NC)NCc2cccs2)cc1OC.I. The summed E-state index contributed by atoms with van der Waals surface area (Å²) in [7, 11) is 3.43. The van der Waals surface area contributed by atoms with Crippen molar-refractivity contribution in [3.8, 4) is 11.5 Å². The Kier molecular flexibility index (Phi) is 10.3. The fraction of sp³-hybridized carbons (Fsp3) is 0.389. The van der Waals surface area contributed by atoms with Gasteiger partial charge in [0, 0.05) is 18.5 Å². The number of hydrogen-bond donors (Lipinski definition) is 2. The lowest BCUT2D eigenvalue weighted by Gasteiger charge is -2.14. The summed E-state index contributed by atoms with van der Waals surface area (Å²) in [5, 5.41) is 8.68. The molecule has 0 aliphatic carbocycles. The summed E-state index contributed by atoms with van der Waals surface area (Å²) in [5.41, 5.74) is 1.11. The molecule has 0 amide bonds. The van der Waals surface area contributed by atoms with Crippen LogP contribution in [-0.4, -0.2) is 26.7 Å². The minimum Gasteiger partial charge on any atom is -0.493 e. The van der Waals surface area contributed by atoms with Gasteiger partial charge in [0.1, 0.15) is 0 Å². The van der Waals surface area contributed by atoms with Crippen LogP contribution in [0.2, 0.25) is 0 Å². The standard InChI is InChI=1S/C18H25N3O2S.HI/c1-4-9-23-16-8-7-14(11-17(16)22-3)12-20-18(19-2)21-13-15-6-5-10-24-15;/h5-8,10-11H,4,9,12-13H2,1-3H3,(H2,19,20,21);1H.